The summed E-state index contributed by atoms with van der Waals surface area (Å²) in [6.07, 6.45) is 1.86. The number of carbonyl (C=O) groups excluding carboxylic acids is 2. The molecular formula is C28H32N4O2. The highest BCUT2D eigenvalue weighted by Crippen LogP contribution is 2.40. The molecule has 0 fully saturated rings. The van der Waals surface area contributed by atoms with Crippen LogP contribution in [0.4, 0.5) is 5.69 Å². The quantitative estimate of drug-likeness (QED) is 0.424. The fourth-order valence-corrected chi connectivity index (χ4v) is 4.61. The monoisotopic (exact) mass is 456 g/mol. The van der Waals surface area contributed by atoms with Gasteiger partial charge in [0.05, 0.1) is 11.1 Å². The van der Waals surface area contributed by atoms with Gasteiger partial charge >= 0.3 is 0 Å². The van der Waals surface area contributed by atoms with E-state index < -0.39 is 0 Å². The number of amides is 2. The van der Waals surface area contributed by atoms with E-state index in [1.54, 1.807) is 0 Å². The summed E-state index contributed by atoms with van der Waals surface area (Å²) < 4.78 is 0. The molecule has 1 aromatic heterocycles. The summed E-state index contributed by atoms with van der Waals surface area (Å²) in [5.74, 6) is -0.237. The molecule has 0 bridgehead atoms. The number of nitrogens with zero attached hydrogens (tertiary/aromatic N) is 1. The van der Waals surface area contributed by atoms with Gasteiger partial charge in [0.1, 0.15) is 0 Å². The van der Waals surface area contributed by atoms with E-state index in [1.807, 2.05) is 68.5 Å². The molecule has 0 saturated carbocycles. The summed E-state index contributed by atoms with van der Waals surface area (Å²) in [5, 5.41) is 6.03. The zero-order valence-corrected chi connectivity index (χ0v) is 20.3. The summed E-state index contributed by atoms with van der Waals surface area (Å²) in [6.45, 7) is 11.4. The molecule has 0 aliphatic carbocycles. The van der Waals surface area contributed by atoms with Crippen molar-refractivity contribution >= 4 is 29.2 Å². The van der Waals surface area contributed by atoms with Crippen molar-refractivity contribution in [2.75, 3.05) is 31.5 Å². The zero-order valence-electron chi connectivity index (χ0n) is 20.3. The first-order chi connectivity index (χ1) is 16.4. The van der Waals surface area contributed by atoms with E-state index in [2.05, 4.69) is 34.4 Å². The number of nitrogens with one attached hydrogen (secondary N) is 3. The number of benzene rings is 2. The second-order valence-corrected chi connectivity index (χ2v) is 8.55. The maximum atomic E-state index is 12.9. The van der Waals surface area contributed by atoms with Crippen molar-refractivity contribution in [3.05, 3.63) is 76.6 Å². The molecule has 3 N–H and O–H groups in total. The van der Waals surface area contributed by atoms with Gasteiger partial charge < -0.3 is 20.5 Å². The SMILES string of the molecule is CCN(CC)CCNC(=O)c1c(C)[nH]c(C=C2C(=O)Nc3cccc(-c4ccccc4)c32)c1C. The Bertz CT molecular complexity index is 1240. The number of fused-ring (bicyclic) bond motifs is 1. The molecule has 176 valence electrons. The van der Waals surface area contributed by atoms with Crippen LogP contribution in [0.15, 0.2) is 48.5 Å². The number of hydrogen-bond donors (Lipinski definition) is 3. The minimum atomic E-state index is -0.143. The van der Waals surface area contributed by atoms with E-state index in [4.69, 9.17) is 0 Å². The van der Waals surface area contributed by atoms with Crippen LogP contribution in [0.25, 0.3) is 22.8 Å². The number of H-pyrrole nitrogens is 1. The lowest BCUT2D eigenvalue weighted by molar-refractivity contribution is -0.110. The highest BCUT2D eigenvalue weighted by atomic mass is 16.2. The lowest BCUT2D eigenvalue weighted by Crippen LogP contribution is -2.35. The minimum absolute atomic E-state index is 0.0932. The van der Waals surface area contributed by atoms with Gasteiger partial charge in [-0.1, -0.05) is 56.3 Å². The normalized spacial score (nSPS) is 13.9. The third kappa shape index (κ3) is 4.54. The van der Waals surface area contributed by atoms with Gasteiger partial charge in [0.15, 0.2) is 0 Å². The van der Waals surface area contributed by atoms with Gasteiger partial charge in [-0.05, 0) is 55.8 Å². The molecule has 0 radical (unpaired) electrons. The van der Waals surface area contributed by atoms with Crippen LogP contribution in [0.5, 0.6) is 0 Å². The third-order valence-electron chi connectivity index (χ3n) is 6.51. The predicted octanol–water partition coefficient (Wildman–Crippen LogP) is 4.86. The second kappa shape index (κ2) is 10.1. The van der Waals surface area contributed by atoms with E-state index in [1.165, 1.54) is 0 Å². The van der Waals surface area contributed by atoms with Crippen LogP contribution in [-0.2, 0) is 4.79 Å². The van der Waals surface area contributed by atoms with Crippen molar-refractivity contribution in [2.24, 2.45) is 0 Å². The molecule has 6 heteroatoms. The number of carbonyl (C=O) groups is 2. The number of anilines is 1. The van der Waals surface area contributed by atoms with Crippen molar-refractivity contribution in [2.45, 2.75) is 27.7 Å². The second-order valence-electron chi connectivity index (χ2n) is 8.55. The van der Waals surface area contributed by atoms with Crippen LogP contribution in [0.1, 0.15) is 46.7 Å². The Balaban J connectivity index is 1.66. The molecule has 2 aromatic carbocycles. The van der Waals surface area contributed by atoms with Crippen LogP contribution in [0.2, 0.25) is 0 Å². The summed E-state index contributed by atoms with van der Waals surface area (Å²) in [5.41, 5.74) is 7.36. The average Bonchev–Trinajstić information content (AvgIpc) is 3.31. The van der Waals surface area contributed by atoms with E-state index >= 15 is 0 Å². The number of aryl methyl sites for hydroxylation is 1. The summed E-state index contributed by atoms with van der Waals surface area (Å²) in [7, 11) is 0. The summed E-state index contributed by atoms with van der Waals surface area (Å²) >= 11 is 0. The number of likely N-dealkylation sites (N-methyl/N-ethyl adjacent to an activating group) is 1. The Kier molecular flexibility index (Phi) is 6.98. The van der Waals surface area contributed by atoms with Crippen LogP contribution < -0.4 is 10.6 Å². The molecular weight excluding hydrogens is 424 g/mol. The van der Waals surface area contributed by atoms with E-state index in [0.29, 0.717) is 17.7 Å². The Morgan fingerprint density at radius 3 is 2.47 bits per heavy atom. The van der Waals surface area contributed by atoms with Crippen LogP contribution >= 0.6 is 0 Å². The molecule has 0 spiro atoms. The van der Waals surface area contributed by atoms with Gasteiger partial charge in [-0.15, -0.1) is 0 Å². The number of hydrogen-bond acceptors (Lipinski definition) is 3. The van der Waals surface area contributed by atoms with Crippen LogP contribution in [-0.4, -0.2) is 47.9 Å². The minimum Gasteiger partial charge on any atom is -0.358 e. The first kappa shape index (κ1) is 23.5. The molecule has 1 aliphatic heterocycles. The maximum Gasteiger partial charge on any atom is 0.256 e. The van der Waals surface area contributed by atoms with Gasteiger partial charge in [-0.25, -0.2) is 0 Å². The molecule has 0 atom stereocenters. The summed E-state index contributed by atoms with van der Waals surface area (Å²) in [6, 6.07) is 16.0. The molecule has 2 amide bonds. The molecule has 4 rings (SSSR count). The average molecular weight is 457 g/mol. The fourth-order valence-electron chi connectivity index (χ4n) is 4.61. The van der Waals surface area contributed by atoms with Crippen molar-refractivity contribution < 1.29 is 9.59 Å². The van der Waals surface area contributed by atoms with Gasteiger partial charge in [0.25, 0.3) is 11.8 Å². The van der Waals surface area contributed by atoms with E-state index in [-0.39, 0.29) is 11.8 Å². The highest BCUT2D eigenvalue weighted by Gasteiger charge is 2.28. The maximum absolute atomic E-state index is 12.9. The van der Waals surface area contributed by atoms with E-state index in [9.17, 15) is 9.59 Å². The van der Waals surface area contributed by atoms with Gasteiger partial charge in [-0.2, -0.15) is 0 Å². The molecule has 3 aromatic rings. The Hall–Kier alpha value is -3.64. The van der Waals surface area contributed by atoms with Crippen molar-refractivity contribution in [1.29, 1.82) is 0 Å². The standard InChI is InChI=1S/C28H32N4O2/c1-5-32(6-2)16-15-29-28(34)25-18(3)24(30-19(25)4)17-22-26-21(20-11-8-7-9-12-20)13-10-14-23(26)31-27(22)33/h7-14,17,30H,5-6,15-16H2,1-4H3,(H,29,34)(H,31,33). The van der Waals surface area contributed by atoms with Crippen molar-refractivity contribution in [1.82, 2.24) is 15.2 Å². The lowest BCUT2D eigenvalue weighted by Gasteiger charge is -2.18. The van der Waals surface area contributed by atoms with Gasteiger partial charge in [0, 0.05) is 35.7 Å². The van der Waals surface area contributed by atoms with Gasteiger partial charge in [0.2, 0.25) is 0 Å². The smallest absolute Gasteiger partial charge is 0.256 e. The predicted molar refractivity (Wildman–Crippen MR) is 139 cm³/mol. The lowest BCUT2D eigenvalue weighted by atomic mass is 9.94. The molecule has 34 heavy (non-hydrogen) atoms. The van der Waals surface area contributed by atoms with Crippen LogP contribution in [0.3, 0.4) is 0 Å². The Morgan fingerprint density at radius 2 is 1.76 bits per heavy atom. The molecule has 2 heterocycles. The topological polar surface area (TPSA) is 77.2 Å². The van der Waals surface area contributed by atoms with Crippen molar-refractivity contribution in [3.8, 4) is 11.1 Å². The number of aromatic amines is 1. The molecule has 0 unspecified atom stereocenters. The Labute approximate surface area is 201 Å². The molecule has 0 saturated heterocycles. The molecule has 6 nitrogen and oxygen atoms in total. The zero-order chi connectivity index (χ0) is 24.2. The van der Waals surface area contributed by atoms with E-state index in [0.717, 1.165) is 59.0 Å². The fraction of sp³-hybridized carbons (Fsp3) is 0.286. The van der Waals surface area contributed by atoms with Gasteiger partial charge in [-0.3, -0.25) is 9.59 Å². The largest absolute Gasteiger partial charge is 0.358 e. The third-order valence-corrected chi connectivity index (χ3v) is 6.51. The highest BCUT2D eigenvalue weighted by molar-refractivity contribution is 6.36. The first-order valence-corrected chi connectivity index (χ1v) is 11.9. The van der Waals surface area contributed by atoms with Crippen LogP contribution in [0, 0.1) is 13.8 Å². The number of aromatic nitrogens is 1. The number of rotatable bonds is 8. The summed E-state index contributed by atoms with van der Waals surface area (Å²) in [4.78, 5) is 31.5. The van der Waals surface area contributed by atoms with Crippen molar-refractivity contribution in [3.63, 3.8) is 0 Å². The first-order valence-electron chi connectivity index (χ1n) is 11.9. The Morgan fingerprint density at radius 1 is 1.03 bits per heavy atom. The molecule has 1 aliphatic rings.